The van der Waals surface area contributed by atoms with Crippen LogP contribution in [0.2, 0.25) is 0 Å². The molecule has 0 amide bonds. The van der Waals surface area contributed by atoms with Crippen LogP contribution in [0.5, 0.6) is 0 Å². The normalized spacial score (nSPS) is 11.3. The van der Waals surface area contributed by atoms with E-state index in [-0.39, 0.29) is 0 Å². The van der Waals surface area contributed by atoms with Crippen LogP contribution in [-0.4, -0.2) is 4.98 Å². The van der Waals surface area contributed by atoms with Gasteiger partial charge in [0.25, 0.3) is 0 Å². The molecule has 21 heavy (non-hydrogen) atoms. The Morgan fingerprint density at radius 2 is 1.76 bits per heavy atom. The summed E-state index contributed by atoms with van der Waals surface area (Å²) in [5, 5.41) is 2.68. The van der Waals surface area contributed by atoms with Crippen molar-refractivity contribution in [1.82, 2.24) is 4.98 Å². The lowest BCUT2D eigenvalue weighted by Crippen LogP contribution is -1.86. The van der Waals surface area contributed by atoms with Gasteiger partial charge in [0.2, 0.25) is 0 Å². The molecule has 0 spiro atoms. The van der Waals surface area contributed by atoms with Gasteiger partial charge in [-0.3, -0.25) is 4.98 Å². The number of nitrogens with zero attached hydrogens (tertiary/aromatic N) is 1. The van der Waals surface area contributed by atoms with E-state index in [0.717, 1.165) is 5.69 Å². The van der Waals surface area contributed by atoms with Crippen LogP contribution in [-0.2, 0) is 0 Å². The minimum absolute atomic E-state index is 1.06. The van der Waals surface area contributed by atoms with Gasteiger partial charge in [-0.1, -0.05) is 30.3 Å². The van der Waals surface area contributed by atoms with E-state index in [1.165, 1.54) is 36.9 Å². The topological polar surface area (TPSA) is 12.9 Å². The zero-order chi connectivity index (χ0) is 14.4. The number of rotatable bonds is 1. The van der Waals surface area contributed by atoms with Crippen molar-refractivity contribution in [3.05, 3.63) is 65.9 Å². The van der Waals surface area contributed by atoms with Gasteiger partial charge in [0.1, 0.15) is 0 Å². The van der Waals surface area contributed by atoms with Crippen molar-refractivity contribution < 1.29 is 0 Å². The second-order valence-electron chi connectivity index (χ2n) is 5.45. The van der Waals surface area contributed by atoms with Gasteiger partial charge in [0.05, 0.1) is 5.69 Å². The summed E-state index contributed by atoms with van der Waals surface area (Å²) >= 11 is 1.87. The van der Waals surface area contributed by atoms with Gasteiger partial charge in [-0.2, -0.15) is 0 Å². The maximum atomic E-state index is 4.55. The zero-order valence-corrected chi connectivity index (χ0v) is 12.9. The highest BCUT2D eigenvalue weighted by Gasteiger charge is 2.13. The first-order valence-corrected chi connectivity index (χ1v) is 7.89. The van der Waals surface area contributed by atoms with Crippen molar-refractivity contribution in [2.75, 3.05) is 0 Å². The Bertz CT molecular complexity index is 952. The maximum Gasteiger partial charge on any atom is 0.0719 e. The van der Waals surface area contributed by atoms with Crippen LogP contribution >= 0.6 is 11.3 Å². The molecule has 102 valence electrons. The molecule has 0 saturated heterocycles. The molecule has 0 bridgehead atoms. The lowest BCUT2D eigenvalue weighted by Gasteiger charge is -2.06. The fourth-order valence-corrected chi connectivity index (χ4v) is 4.28. The molecule has 2 heteroatoms. The van der Waals surface area contributed by atoms with E-state index in [1.54, 1.807) is 0 Å². The Morgan fingerprint density at radius 3 is 2.57 bits per heavy atom. The Balaban J connectivity index is 2.15. The third kappa shape index (κ3) is 1.95. The van der Waals surface area contributed by atoms with Crippen LogP contribution in [0.3, 0.4) is 0 Å². The predicted molar refractivity (Wildman–Crippen MR) is 92.0 cm³/mol. The summed E-state index contributed by atoms with van der Waals surface area (Å²) in [4.78, 5) is 4.55. The number of pyridine rings is 1. The summed E-state index contributed by atoms with van der Waals surface area (Å²) in [5.74, 6) is 0. The van der Waals surface area contributed by atoms with E-state index >= 15 is 0 Å². The molecule has 0 N–H and O–H groups in total. The molecule has 0 radical (unpaired) electrons. The molecule has 0 atom stereocenters. The van der Waals surface area contributed by atoms with Crippen molar-refractivity contribution in [2.45, 2.75) is 13.8 Å². The molecule has 1 nitrogen and oxygen atoms in total. The molecular formula is C19H15NS. The van der Waals surface area contributed by atoms with Crippen LogP contribution in [0, 0.1) is 13.8 Å². The van der Waals surface area contributed by atoms with Gasteiger partial charge in [-0.15, -0.1) is 11.3 Å². The quantitative estimate of drug-likeness (QED) is 0.436. The summed E-state index contributed by atoms with van der Waals surface area (Å²) in [5.41, 5.74) is 4.92. The van der Waals surface area contributed by atoms with E-state index in [4.69, 9.17) is 0 Å². The lowest BCUT2D eigenvalue weighted by molar-refractivity contribution is 1.32. The number of thiophene rings is 1. The Kier molecular flexibility index (Phi) is 2.79. The average molecular weight is 289 g/mol. The van der Waals surface area contributed by atoms with Crippen LogP contribution in [0.1, 0.15) is 11.1 Å². The third-order valence-electron chi connectivity index (χ3n) is 3.93. The molecule has 0 aliphatic heterocycles. The van der Waals surface area contributed by atoms with Crippen LogP contribution < -0.4 is 0 Å². The first-order valence-electron chi connectivity index (χ1n) is 7.08. The minimum atomic E-state index is 1.06. The van der Waals surface area contributed by atoms with Crippen molar-refractivity contribution in [1.29, 1.82) is 0 Å². The highest BCUT2D eigenvalue weighted by molar-refractivity contribution is 7.26. The number of fused-ring (bicyclic) bond motifs is 3. The molecule has 2 heterocycles. The van der Waals surface area contributed by atoms with Crippen LogP contribution in [0.4, 0.5) is 0 Å². The second kappa shape index (κ2) is 4.68. The summed E-state index contributed by atoms with van der Waals surface area (Å²) in [6, 6.07) is 17.3. The van der Waals surface area contributed by atoms with Gasteiger partial charge in [-0.05, 0) is 43.2 Å². The number of hydrogen-bond acceptors (Lipinski definition) is 2. The number of benzene rings is 2. The van der Waals surface area contributed by atoms with E-state index in [2.05, 4.69) is 61.3 Å². The number of aryl methyl sites for hydroxylation is 2. The van der Waals surface area contributed by atoms with Gasteiger partial charge in [0, 0.05) is 31.9 Å². The fraction of sp³-hybridized carbons (Fsp3) is 0.105. The first-order chi connectivity index (χ1) is 10.2. The SMILES string of the molecule is Cc1ccc2c(c1)sc1c(-c3ccccn3)c(C)ccc12. The molecule has 0 aliphatic carbocycles. The first kappa shape index (κ1) is 12.5. The summed E-state index contributed by atoms with van der Waals surface area (Å²) in [6.07, 6.45) is 1.87. The average Bonchev–Trinajstić information content (AvgIpc) is 2.85. The lowest BCUT2D eigenvalue weighted by atomic mass is 10.0. The van der Waals surface area contributed by atoms with Gasteiger partial charge in [0.15, 0.2) is 0 Å². The molecule has 2 aromatic heterocycles. The van der Waals surface area contributed by atoms with Crippen molar-refractivity contribution in [2.24, 2.45) is 0 Å². The highest BCUT2D eigenvalue weighted by atomic mass is 32.1. The highest BCUT2D eigenvalue weighted by Crippen LogP contribution is 2.41. The molecule has 4 rings (SSSR count). The molecule has 0 unspecified atom stereocenters. The predicted octanol–water partition coefficient (Wildman–Crippen LogP) is 5.73. The standard InChI is InChI=1S/C19H15NS/c1-12-6-8-14-15-9-7-13(2)18(16-5-3-4-10-20-16)19(15)21-17(14)11-12/h3-11H,1-2H3. The van der Waals surface area contributed by atoms with Gasteiger partial charge in [-0.25, -0.2) is 0 Å². The van der Waals surface area contributed by atoms with E-state index < -0.39 is 0 Å². The van der Waals surface area contributed by atoms with Gasteiger partial charge >= 0.3 is 0 Å². The summed E-state index contributed by atoms with van der Waals surface area (Å²) < 4.78 is 2.70. The minimum Gasteiger partial charge on any atom is -0.256 e. The van der Waals surface area contributed by atoms with E-state index in [0.29, 0.717) is 0 Å². The van der Waals surface area contributed by atoms with Gasteiger partial charge < -0.3 is 0 Å². The van der Waals surface area contributed by atoms with Crippen molar-refractivity contribution >= 4 is 31.5 Å². The third-order valence-corrected chi connectivity index (χ3v) is 5.11. The molecule has 2 aromatic carbocycles. The summed E-state index contributed by atoms with van der Waals surface area (Å²) in [7, 11) is 0. The Hall–Kier alpha value is -2.19. The fourth-order valence-electron chi connectivity index (χ4n) is 2.87. The molecule has 4 aromatic rings. The monoisotopic (exact) mass is 289 g/mol. The summed E-state index contributed by atoms with van der Waals surface area (Å²) in [6.45, 7) is 4.31. The van der Waals surface area contributed by atoms with E-state index in [9.17, 15) is 0 Å². The van der Waals surface area contributed by atoms with E-state index in [1.807, 2.05) is 23.6 Å². The molecule has 0 saturated carbocycles. The van der Waals surface area contributed by atoms with Crippen molar-refractivity contribution in [3.63, 3.8) is 0 Å². The zero-order valence-electron chi connectivity index (χ0n) is 12.1. The molecular weight excluding hydrogens is 274 g/mol. The largest absolute Gasteiger partial charge is 0.256 e. The maximum absolute atomic E-state index is 4.55. The number of aromatic nitrogens is 1. The Morgan fingerprint density at radius 1 is 0.905 bits per heavy atom. The number of hydrogen-bond donors (Lipinski definition) is 0. The van der Waals surface area contributed by atoms with Crippen LogP contribution in [0.15, 0.2) is 54.7 Å². The Labute approximate surface area is 127 Å². The molecule has 0 fully saturated rings. The van der Waals surface area contributed by atoms with Crippen molar-refractivity contribution in [3.8, 4) is 11.3 Å². The molecule has 0 aliphatic rings. The second-order valence-corrected chi connectivity index (χ2v) is 6.50. The smallest absolute Gasteiger partial charge is 0.0719 e. The van der Waals surface area contributed by atoms with Crippen LogP contribution in [0.25, 0.3) is 31.4 Å².